The Hall–Kier alpha value is -1.85. The van der Waals surface area contributed by atoms with Crippen LogP contribution in [0.2, 0.25) is 0 Å². The van der Waals surface area contributed by atoms with E-state index in [0.717, 1.165) is 51.0 Å². The molecule has 1 aromatic rings. The molecule has 24 heavy (non-hydrogen) atoms. The molecule has 2 aliphatic heterocycles. The number of likely N-dealkylation sites (tertiary alicyclic amines) is 1. The summed E-state index contributed by atoms with van der Waals surface area (Å²) in [7, 11) is 1.83. The lowest BCUT2D eigenvalue weighted by Crippen LogP contribution is -2.38. The summed E-state index contributed by atoms with van der Waals surface area (Å²) in [5.74, 6) is 0.722. The Kier molecular flexibility index (Phi) is 4.92. The van der Waals surface area contributed by atoms with Crippen molar-refractivity contribution in [1.29, 1.82) is 0 Å². The average Bonchev–Trinajstić information content (AvgIpc) is 3.21. The lowest BCUT2D eigenvalue weighted by atomic mass is 9.95. The number of imidazole rings is 1. The second kappa shape index (κ2) is 6.95. The summed E-state index contributed by atoms with van der Waals surface area (Å²) in [5, 5.41) is 0. The number of aromatic nitrogens is 2. The lowest BCUT2D eigenvalue weighted by molar-refractivity contribution is -0.135. The maximum Gasteiger partial charge on any atom is 0.274 e. The summed E-state index contributed by atoms with van der Waals surface area (Å²) >= 11 is 0. The Morgan fingerprint density at radius 1 is 1.33 bits per heavy atom. The van der Waals surface area contributed by atoms with Gasteiger partial charge in [-0.25, -0.2) is 4.98 Å². The van der Waals surface area contributed by atoms with E-state index in [9.17, 15) is 9.59 Å². The first-order valence-corrected chi connectivity index (χ1v) is 9.05. The largest absolute Gasteiger partial charge is 0.342 e. The van der Waals surface area contributed by atoms with Crippen LogP contribution >= 0.6 is 0 Å². The fourth-order valence-corrected chi connectivity index (χ4v) is 3.85. The van der Waals surface area contributed by atoms with Crippen LogP contribution < -0.4 is 0 Å². The fourth-order valence-electron chi connectivity index (χ4n) is 3.85. The molecule has 2 aliphatic rings. The van der Waals surface area contributed by atoms with Crippen LogP contribution in [0, 0.1) is 11.8 Å². The number of hydrogen-bond donors (Lipinski definition) is 0. The molecule has 0 bridgehead atoms. The predicted molar refractivity (Wildman–Crippen MR) is 91.7 cm³/mol. The molecule has 1 atom stereocenters. The second-order valence-electron chi connectivity index (χ2n) is 7.54. The molecule has 1 aromatic heterocycles. The van der Waals surface area contributed by atoms with Gasteiger partial charge < -0.3 is 14.4 Å². The standard InChI is InChI=1S/C18H28N4O2/c1-13(2)10-20(3)18(24)16-15-7-6-14(11-22(15)12-19-16)17(23)21-8-4-5-9-21/h12-14H,4-11H2,1-3H3. The fraction of sp³-hybridized carbons (Fsp3) is 0.722. The SMILES string of the molecule is CC(C)CN(C)C(=O)c1ncn2c1CCC(C(=O)N1CCCC1)C2. The molecule has 2 amide bonds. The minimum absolute atomic E-state index is 0.0123. The van der Waals surface area contributed by atoms with E-state index < -0.39 is 0 Å². The van der Waals surface area contributed by atoms with Gasteiger partial charge in [-0.15, -0.1) is 0 Å². The highest BCUT2D eigenvalue weighted by molar-refractivity contribution is 5.93. The van der Waals surface area contributed by atoms with Crippen molar-refractivity contribution >= 4 is 11.8 Å². The number of carbonyl (C=O) groups excluding carboxylic acids is 2. The summed E-state index contributed by atoms with van der Waals surface area (Å²) in [6, 6.07) is 0. The highest BCUT2D eigenvalue weighted by atomic mass is 16.2. The Balaban J connectivity index is 1.70. The maximum absolute atomic E-state index is 12.6. The molecule has 3 rings (SSSR count). The molecule has 0 radical (unpaired) electrons. The molecule has 0 N–H and O–H groups in total. The van der Waals surface area contributed by atoms with Crippen LogP contribution in [0.4, 0.5) is 0 Å². The molecule has 132 valence electrons. The van der Waals surface area contributed by atoms with Crippen molar-refractivity contribution in [3.63, 3.8) is 0 Å². The molecule has 6 nitrogen and oxygen atoms in total. The normalized spacial score (nSPS) is 20.3. The minimum atomic E-state index is -0.0123. The van der Waals surface area contributed by atoms with Crippen LogP contribution in [0.25, 0.3) is 0 Å². The minimum Gasteiger partial charge on any atom is -0.342 e. The maximum atomic E-state index is 12.6. The van der Waals surface area contributed by atoms with Crippen molar-refractivity contribution < 1.29 is 9.59 Å². The second-order valence-corrected chi connectivity index (χ2v) is 7.54. The molecule has 3 heterocycles. The van der Waals surface area contributed by atoms with E-state index in [1.807, 2.05) is 16.5 Å². The lowest BCUT2D eigenvalue weighted by Gasteiger charge is -2.28. The van der Waals surface area contributed by atoms with Gasteiger partial charge in [-0.05, 0) is 31.6 Å². The van der Waals surface area contributed by atoms with E-state index in [1.54, 1.807) is 11.2 Å². The molecular weight excluding hydrogens is 304 g/mol. The number of nitrogens with zero attached hydrogens (tertiary/aromatic N) is 4. The van der Waals surface area contributed by atoms with Crippen LogP contribution in [0.5, 0.6) is 0 Å². The van der Waals surface area contributed by atoms with E-state index in [1.165, 1.54) is 0 Å². The highest BCUT2D eigenvalue weighted by Crippen LogP contribution is 2.26. The molecule has 1 saturated heterocycles. The van der Waals surface area contributed by atoms with Crippen molar-refractivity contribution in [1.82, 2.24) is 19.4 Å². The Bertz CT molecular complexity index is 617. The summed E-state index contributed by atoms with van der Waals surface area (Å²) in [6.45, 7) is 7.37. The van der Waals surface area contributed by atoms with Crippen LogP contribution in [-0.4, -0.2) is 57.8 Å². The van der Waals surface area contributed by atoms with Crippen molar-refractivity contribution in [2.24, 2.45) is 11.8 Å². The van der Waals surface area contributed by atoms with Crippen LogP contribution in [0.15, 0.2) is 6.33 Å². The topological polar surface area (TPSA) is 58.4 Å². The zero-order chi connectivity index (χ0) is 17.3. The molecule has 6 heteroatoms. The summed E-state index contributed by atoms with van der Waals surface area (Å²) < 4.78 is 2.01. The molecule has 0 spiro atoms. The van der Waals surface area contributed by atoms with Gasteiger partial charge in [0.25, 0.3) is 5.91 Å². The van der Waals surface area contributed by atoms with E-state index in [-0.39, 0.29) is 17.7 Å². The summed E-state index contributed by atoms with van der Waals surface area (Å²) in [6.07, 6.45) is 5.54. The Morgan fingerprint density at radius 3 is 2.71 bits per heavy atom. The number of amides is 2. The van der Waals surface area contributed by atoms with Gasteiger partial charge >= 0.3 is 0 Å². The third-order valence-corrected chi connectivity index (χ3v) is 5.05. The monoisotopic (exact) mass is 332 g/mol. The number of carbonyl (C=O) groups is 2. The zero-order valence-corrected chi connectivity index (χ0v) is 15.0. The van der Waals surface area contributed by atoms with E-state index in [2.05, 4.69) is 18.8 Å². The smallest absolute Gasteiger partial charge is 0.274 e. The van der Waals surface area contributed by atoms with Crippen molar-refractivity contribution in [2.75, 3.05) is 26.7 Å². The van der Waals surface area contributed by atoms with Crippen LogP contribution in [0.1, 0.15) is 49.3 Å². The third kappa shape index (κ3) is 3.32. The van der Waals surface area contributed by atoms with Gasteiger partial charge in [0.15, 0.2) is 0 Å². The first-order chi connectivity index (χ1) is 11.5. The van der Waals surface area contributed by atoms with Gasteiger partial charge in [0.2, 0.25) is 5.91 Å². The van der Waals surface area contributed by atoms with Crippen molar-refractivity contribution in [3.05, 3.63) is 17.7 Å². The molecule has 1 fully saturated rings. The van der Waals surface area contributed by atoms with Crippen LogP contribution in [0.3, 0.4) is 0 Å². The number of fused-ring (bicyclic) bond motifs is 1. The van der Waals surface area contributed by atoms with E-state index in [4.69, 9.17) is 0 Å². The van der Waals surface area contributed by atoms with Gasteiger partial charge in [-0.1, -0.05) is 13.8 Å². The summed E-state index contributed by atoms with van der Waals surface area (Å²) in [5.41, 5.74) is 1.55. The molecule has 0 aromatic carbocycles. The highest BCUT2D eigenvalue weighted by Gasteiger charge is 2.32. The van der Waals surface area contributed by atoms with Gasteiger partial charge in [0.1, 0.15) is 5.69 Å². The van der Waals surface area contributed by atoms with Crippen molar-refractivity contribution in [2.45, 2.75) is 46.1 Å². The third-order valence-electron chi connectivity index (χ3n) is 5.05. The van der Waals surface area contributed by atoms with Crippen molar-refractivity contribution in [3.8, 4) is 0 Å². The first-order valence-electron chi connectivity index (χ1n) is 9.05. The van der Waals surface area contributed by atoms with Gasteiger partial charge in [0.05, 0.1) is 17.9 Å². The average molecular weight is 332 g/mol. The van der Waals surface area contributed by atoms with Crippen LogP contribution in [-0.2, 0) is 17.8 Å². The molecule has 0 saturated carbocycles. The predicted octanol–water partition coefficient (Wildman–Crippen LogP) is 1.80. The summed E-state index contributed by atoms with van der Waals surface area (Å²) in [4.78, 5) is 33.3. The van der Waals surface area contributed by atoms with E-state index in [0.29, 0.717) is 18.2 Å². The van der Waals surface area contributed by atoms with E-state index >= 15 is 0 Å². The van der Waals surface area contributed by atoms with Gasteiger partial charge in [-0.3, -0.25) is 9.59 Å². The number of rotatable bonds is 4. The molecule has 0 aliphatic carbocycles. The quantitative estimate of drug-likeness (QED) is 0.845. The Labute approximate surface area is 143 Å². The molecular formula is C18H28N4O2. The Morgan fingerprint density at radius 2 is 2.04 bits per heavy atom. The zero-order valence-electron chi connectivity index (χ0n) is 15.0. The first kappa shape index (κ1) is 17.0. The van der Waals surface area contributed by atoms with Gasteiger partial charge in [-0.2, -0.15) is 0 Å². The number of hydrogen-bond acceptors (Lipinski definition) is 3. The molecule has 1 unspecified atom stereocenters. The van der Waals surface area contributed by atoms with Gasteiger partial charge in [0, 0.05) is 33.2 Å².